The number of imidazole rings is 1. The predicted octanol–water partition coefficient (Wildman–Crippen LogP) is 3.79. The normalized spacial score (nSPS) is 10.9. The molecule has 0 aromatic carbocycles. The van der Waals surface area contributed by atoms with Gasteiger partial charge in [-0.25, -0.2) is 4.98 Å². The molecule has 1 N–H and O–H groups in total. The number of nitrogens with one attached hydrogen (secondary N) is 1. The minimum atomic E-state index is 0.771. The second-order valence-electron chi connectivity index (χ2n) is 4.52. The van der Waals surface area contributed by atoms with Crippen LogP contribution in [0.1, 0.15) is 23.9 Å². The molecule has 0 aliphatic heterocycles. The van der Waals surface area contributed by atoms with E-state index in [0.717, 1.165) is 48.7 Å². The van der Waals surface area contributed by atoms with E-state index in [9.17, 15) is 0 Å². The van der Waals surface area contributed by atoms with Crippen LogP contribution in [0.4, 0.5) is 5.95 Å². The van der Waals surface area contributed by atoms with Crippen LogP contribution in [0, 0.1) is 6.92 Å². The molecule has 0 amide bonds. The maximum atomic E-state index is 5.97. The van der Waals surface area contributed by atoms with Gasteiger partial charge in [-0.3, -0.25) is 0 Å². The van der Waals surface area contributed by atoms with Gasteiger partial charge in [0.1, 0.15) is 0 Å². The van der Waals surface area contributed by atoms with E-state index < -0.39 is 0 Å². The first-order valence-corrected chi connectivity index (χ1v) is 7.98. The van der Waals surface area contributed by atoms with Crippen LogP contribution in [0.5, 0.6) is 0 Å². The molecule has 0 radical (unpaired) electrons. The Morgan fingerprint density at radius 3 is 3.00 bits per heavy atom. The van der Waals surface area contributed by atoms with Crippen molar-refractivity contribution in [3.8, 4) is 0 Å². The Morgan fingerprint density at radius 2 is 2.30 bits per heavy atom. The molecule has 0 fully saturated rings. The molecule has 0 aliphatic rings. The predicted molar refractivity (Wildman–Crippen MR) is 85.0 cm³/mol. The molecule has 0 bridgehead atoms. The first-order valence-electron chi connectivity index (χ1n) is 6.78. The molecule has 0 spiro atoms. The smallest absolute Gasteiger partial charge is 0.203 e. The number of aryl methyl sites for hydroxylation is 1. The van der Waals surface area contributed by atoms with Crippen molar-refractivity contribution >= 4 is 28.9 Å². The van der Waals surface area contributed by atoms with Gasteiger partial charge in [0.2, 0.25) is 5.95 Å². The molecule has 2 aromatic rings. The van der Waals surface area contributed by atoms with Gasteiger partial charge in [-0.15, -0.1) is 11.3 Å². The molecule has 20 heavy (non-hydrogen) atoms. The van der Waals surface area contributed by atoms with Gasteiger partial charge in [-0.2, -0.15) is 0 Å². The maximum absolute atomic E-state index is 5.97. The van der Waals surface area contributed by atoms with Gasteiger partial charge in [-0.05, 0) is 32.4 Å². The second kappa shape index (κ2) is 7.67. The third-order valence-corrected chi connectivity index (χ3v) is 4.02. The monoisotopic (exact) mass is 313 g/mol. The summed E-state index contributed by atoms with van der Waals surface area (Å²) in [6, 6.07) is 3.99. The van der Waals surface area contributed by atoms with Crippen LogP contribution >= 0.6 is 22.9 Å². The summed E-state index contributed by atoms with van der Waals surface area (Å²) in [5.74, 6) is 0.906. The number of hydrogen-bond donors (Lipinski definition) is 1. The van der Waals surface area contributed by atoms with Crippen molar-refractivity contribution in [2.24, 2.45) is 0 Å². The van der Waals surface area contributed by atoms with Crippen molar-refractivity contribution < 1.29 is 4.74 Å². The molecule has 6 heteroatoms. The van der Waals surface area contributed by atoms with Crippen LogP contribution in [0.25, 0.3) is 0 Å². The van der Waals surface area contributed by atoms with E-state index >= 15 is 0 Å². The van der Waals surface area contributed by atoms with Crippen LogP contribution in [0.3, 0.4) is 0 Å². The van der Waals surface area contributed by atoms with E-state index in [4.69, 9.17) is 16.3 Å². The number of anilines is 1. The Kier molecular flexibility index (Phi) is 5.88. The van der Waals surface area contributed by atoms with Crippen LogP contribution in [0.15, 0.2) is 18.3 Å². The zero-order valence-electron chi connectivity index (χ0n) is 11.9. The quantitative estimate of drug-likeness (QED) is 0.754. The van der Waals surface area contributed by atoms with E-state index in [2.05, 4.69) is 27.1 Å². The summed E-state index contributed by atoms with van der Waals surface area (Å²) >= 11 is 7.57. The lowest BCUT2D eigenvalue weighted by Crippen LogP contribution is -2.10. The average molecular weight is 314 g/mol. The van der Waals surface area contributed by atoms with Crippen LogP contribution in [0.2, 0.25) is 4.34 Å². The number of thiophene rings is 1. The fourth-order valence-electron chi connectivity index (χ4n) is 1.93. The van der Waals surface area contributed by atoms with Crippen LogP contribution < -0.4 is 5.32 Å². The fraction of sp³-hybridized carbons (Fsp3) is 0.500. The molecule has 2 aromatic heterocycles. The second-order valence-corrected chi connectivity index (χ2v) is 6.32. The number of nitrogens with zero attached hydrogens (tertiary/aromatic N) is 2. The van der Waals surface area contributed by atoms with Crippen molar-refractivity contribution in [3.63, 3.8) is 0 Å². The first kappa shape index (κ1) is 15.4. The summed E-state index contributed by atoms with van der Waals surface area (Å²) in [7, 11) is 0. The Bertz CT molecular complexity index is 538. The number of ether oxygens (including phenoxy) is 1. The Hall–Kier alpha value is -1.04. The summed E-state index contributed by atoms with van der Waals surface area (Å²) < 4.78 is 8.27. The third-order valence-electron chi connectivity index (χ3n) is 2.80. The zero-order chi connectivity index (χ0) is 14.4. The highest BCUT2D eigenvalue weighted by atomic mass is 35.5. The van der Waals surface area contributed by atoms with E-state index in [1.54, 1.807) is 11.3 Å². The van der Waals surface area contributed by atoms with Crippen molar-refractivity contribution in [3.05, 3.63) is 33.2 Å². The molecular weight excluding hydrogens is 294 g/mol. The van der Waals surface area contributed by atoms with E-state index in [1.165, 1.54) is 4.88 Å². The molecule has 2 heterocycles. The summed E-state index contributed by atoms with van der Waals surface area (Å²) in [6.45, 7) is 7.23. The van der Waals surface area contributed by atoms with Gasteiger partial charge in [0.05, 0.1) is 16.6 Å². The fourth-order valence-corrected chi connectivity index (χ4v) is 3.02. The summed E-state index contributed by atoms with van der Waals surface area (Å²) in [5.41, 5.74) is 1.01. The molecular formula is C14H20ClN3OS. The molecule has 0 atom stereocenters. The van der Waals surface area contributed by atoms with Gasteiger partial charge in [-0.1, -0.05) is 11.6 Å². The molecule has 2 rings (SSSR count). The molecule has 0 saturated heterocycles. The number of rotatable bonds is 8. The lowest BCUT2D eigenvalue weighted by Gasteiger charge is -2.08. The van der Waals surface area contributed by atoms with E-state index in [0.29, 0.717) is 0 Å². The molecule has 4 nitrogen and oxygen atoms in total. The lowest BCUT2D eigenvalue weighted by molar-refractivity contribution is 0.147. The van der Waals surface area contributed by atoms with Gasteiger partial charge < -0.3 is 14.6 Å². The molecule has 0 saturated carbocycles. The number of aromatic nitrogens is 2. The van der Waals surface area contributed by atoms with Gasteiger partial charge >= 0.3 is 0 Å². The Morgan fingerprint density at radius 1 is 1.45 bits per heavy atom. The largest absolute Gasteiger partial charge is 0.382 e. The third kappa shape index (κ3) is 4.51. The average Bonchev–Trinajstić information content (AvgIpc) is 2.96. The van der Waals surface area contributed by atoms with Crippen molar-refractivity contribution in [1.82, 2.24) is 9.55 Å². The van der Waals surface area contributed by atoms with Crippen molar-refractivity contribution in [2.75, 3.05) is 25.1 Å². The highest BCUT2D eigenvalue weighted by Crippen LogP contribution is 2.23. The number of halogens is 1. The summed E-state index contributed by atoms with van der Waals surface area (Å²) in [5, 5.41) is 3.36. The standard InChI is InChI=1S/C14H20ClN3OS/c1-3-19-8-4-7-16-14-17-11(2)9-18(14)10-12-5-6-13(15)20-12/h5-6,9H,3-4,7-8,10H2,1-2H3,(H,16,17). The maximum Gasteiger partial charge on any atom is 0.203 e. The Labute approximate surface area is 128 Å². The molecule has 0 unspecified atom stereocenters. The topological polar surface area (TPSA) is 39.1 Å². The zero-order valence-corrected chi connectivity index (χ0v) is 13.4. The van der Waals surface area contributed by atoms with Crippen LogP contribution in [-0.2, 0) is 11.3 Å². The molecule has 110 valence electrons. The van der Waals surface area contributed by atoms with Crippen LogP contribution in [-0.4, -0.2) is 29.3 Å². The Balaban J connectivity index is 1.92. The highest BCUT2D eigenvalue weighted by Gasteiger charge is 2.07. The number of hydrogen-bond acceptors (Lipinski definition) is 4. The van der Waals surface area contributed by atoms with E-state index in [1.807, 2.05) is 19.9 Å². The minimum absolute atomic E-state index is 0.771. The SMILES string of the molecule is CCOCCCNc1nc(C)cn1Cc1ccc(Cl)s1. The molecule has 0 aliphatic carbocycles. The lowest BCUT2D eigenvalue weighted by atomic mass is 10.4. The summed E-state index contributed by atoms with van der Waals surface area (Å²) in [4.78, 5) is 5.74. The van der Waals surface area contributed by atoms with Crippen molar-refractivity contribution in [2.45, 2.75) is 26.8 Å². The van der Waals surface area contributed by atoms with Gasteiger partial charge in [0.15, 0.2) is 0 Å². The summed E-state index contributed by atoms with van der Waals surface area (Å²) in [6.07, 6.45) is 3.03. The minimum Gasteiger partial charge on any atom is -0.382 e. The van der Waals surface area contributed by atoms with Gasteiger partial charge in [0, 0.05) is 30.8 Å². The van der Waals surface area contributed by atoms with E-state index in [-0.39, 0.29) is 0 Å². The van der Waals surface area contributed by atoms with Gasteiger partial charge in [0.25, 0.3) is 0 Å². The highest BCUT2D eigenvalue weighted by molar-refractivity contribution is 7.16. The first-order chi connectivity index (χ1) is 9.69. The van der Waals surface area contributed by atoms with Crippen molar-refractivity contribution in [1.29, 1.82) is 0 Å².